The maximum Gasteiger partial charge on any atom is 0.151 e. The van der Waals surface area contributed by atoms with Crippen molar-refractivity contribution in [1.82, 2.24) is 16.0 Å². The molecule has 66 valence electrons. The number of carbonyl (C=O) groups excluding carboxylic acids is 3. The predicted octanol–water partition coefficient (Wildman–Crippen LogP) is -2.66. The van der Waals surface area contributed by atoms with Crippen molar-refractivity contribution in [3.8, 4) is 0 Å². The topological polar surface area (TPSA) is 87.3 Å². The molecule has 0 spiro atoms. The molecule has 0 amide bonds. The van der Waals surface area contributed by atoms with Gasteiger partial charge in [-0.2, -0.15) is 0 Å². The summed E-state index contributed by atoms with van der Waals surface area (Å²) < 4.78 is 0. The smallest absolute Gasteiger partial charge is 0.151 e. The van der Waals surface area contributed by atoms with E-state index >= 15 is 0 Å². The highest BCUT2D eigenvalue weighted by molar-refractivity contribution is 5.66. The Morgan fingerprint density at radius 1 is 0.667 bits per heavy atom. The minimum atomic E-state index is -0.656. The van der Waals surface area contributed by atoms with Gasteiger partial charge in [-0.15, -0.1) is 0 Å². The molecule has 0 aromatic heterocycles. The van der Waals surface area contributed by atoms with Gasteiger partial charge in [0.1, 0.15) is 18.5 Å². The van der Waals surface area contributed by atoms with E-state index in [2.05, 4.69) is 16.0 Å². The zero-order valence-electron chi connectivity index (χ0n) is 6.19. The highest BCUT2D eigenvalue weighted by Gasteiger charge is 2.24. The van der Waals surface area contributed by atoms with Crippen LogP contribution in [0.15, 0.2) is 0 Å². The van der Waals surface area contributed by atoms with Gasteiger partial charge in [0.25, 0.3) is 0 Å². The fourth-order valence-electron chi connectivity index (χ4n) is 0.960. The molecule has 0 bridgehead atoms. The molecule has 6 nitrogen and oxygen atoms in total. The van der Waals surface area contributed by atoms with Crippen LogP contribution >= 0.6 is 0 Å². The molecular weight excluding hydrogens is 162 g/mol. The average Bonchev–Trinajstić information content (AvgIpc) is 2.16. The molecule has 6 heteroatoms. The van der Waals surface area contributed by atoms with E-state index in [4.69, 9.17) is 0 Å². The third kappa shape index (κ3) is 1.94. The van der Waals surface area contributed by atoms with Crippen molar-refractivity contribution < 1.29 is 14.4 Å². The zero-order chi connectivity index (χ0) is 8.97. The van der Waals surface area contributed by atoms with Crippen LogP contribution in [-0.4, -0.2) is 37.4 Å². The van der Waals surface area contributed by atoms with E-state index in [-0.39, 0.29) is 0 Å². The zero-order valence-corrected chi connectivity index (χ0v) is 6.19. The lowest BCUT2D eigenvalue weighted by molar-refractivity contribution is -0.117. The van der Waals surface area contributed by atoms with Crippen LogP contribution in [-0.2, 0) is 14.4 Å². The van der Waals surface area contributed by atoms with Crippen LogP contribution < -0.4 is 16.0 Å². The Kier molecular flexibility index (Phi) is 3.03. The molecule has 3 N–H and O–H groups in total. The number of aldehydes is 3. The lowest BCUT2D eigenvalue weighted by atomic mass is 10.3. The van der Waals surface area contributed by atoms with Crippen LogP contribution in [0.1, 0.15) is 0 Å². The number of nitrogens with one attached hydrogen (secondary N) is 3. The molecule has 0 radical (unpaired) electrons. The summed E-state index contributed by atoms with van der Waals surface area (Å²) >= 11 is 0. The fraction of sp³-hybridized carbons (Fsp3) is 0.500. The second kappa shape index (κ2) is 4.05. The normalized spacial score (nSPS) is 35.5. The van der Waals surface area contributed by atoms with Crippen molar-refractivity contribution >= 4 is 18.9 Å². The van der Waals surface area contributed by atoms with Crippen LogP contribution in [0.2, 0.25) is 0 Å². The van der Waals surface area contributed by atoms with E-state index in [9.17, 15) is 14.4 Å². The second-order valence-electron chi connectivity index (χ2n) is 2.34. The molecule has 12 heavy (non-hydrogen) atoms. The van der Waals surface area contributed by atoms with Crippen molar-refractivity contribution in [1.29, 1.82) is 0 Å². The van der Waals surface area contributed by atoms with Crippen LogP contribution in [0.4, 0.5) is 0 Å². The highest BCUT2D eigenvalue weighted by atomic mass is 16.1. The van der Waals surface area contributed by atoms with Gasteiger partial charge in [0.15, 0.2) is 18.9 Å². The van der Waals surface area contributed by atoms with E-state index in [1.807, 2.05) is 0 Å². The summed E-state index contributed by atoms with van der Waals surface area (Å²) in [4.78, 5) is 30.9. The van der Waals surface area contributed by atoms with Crippen LogP contribution in [0.5, 0.6) is 0 Å². The van der Waals surface area contributed by atoms with Crippen molar-refractivity contribution in [2.75, 3.05) is 0 Å². The SMILES string of the molecule is O=CC1NC(C=O)NC(C=O)N1. The molecule has 0 aliphatic carbocycles. The Balaban J connectivity index is 2.57. The summed E-state index contributed by atoms with van der Waals surface area (Å²) in [6.07, 6.45) is -0.194. The third-order valence-corrected chi connectivity index (χ3v) is 1.49. The van der Waals surface area contributed by atoms with Crippen molar-refractivity contribution in [2.24, 2.45) is 0 Å². The number of hydrogen-bond acceptors (Lipinski definition) is 6. The molecule has 0 atom stereocenters. The van der Waals surface area contributed by atoms with Crippen molar-refractivity contribution in [2.45, 2.75) is 18.5 Å². The molecule has 0 saturated carbocycles. The summed E-state index contributed by atoms with van der Waals surface area (Å²) in [5, 5.41) is 7.80. The fourth-order valence-corrected chi connectivity index (χ4v) is 0.960. The Morgan fingerprint density at radius 2 is 0.917 bits per heavy atom. The molecule has 1 saturated heterocycles. The number of hydrogen-bond donors (Lipinski definition) is 3. The molecule has 0 aromatic rings. The van der Waals surface area contributed by atoms with E-state index in [1.54, 1.807) is 0 Å². The molecule has 0 unspecified atom stereocenters. The van der Waals surface area contributed by atoms with Gasteiger partial charge in [0.2, 0.25) is 0 Å². The molecule has 1 aliphatic rings. The molecule has 1 fully saturated rings. The van der Waals surface area contributed by atoms with E-state index < -0.39 is 18.5 Å². The van der Waals surface area contributed by atoms with Crippen LogP contribution in [0.25, 0.3) is 0 Å². The molecule has 1 aliphatic heterocycles. The number of rotatable bonds is 3. The Hall–Kier alpha value is -1.11. The van der Waals surface area contributed by atoms with Crippen LogP contribution in [0, 0.1) is 0 Å². The maximum absolute atomic E-state index is 10.3. The van der Waals surface area contributed by atoms with Gasteiger partial charge in [-0.25, -0.2) is 0 Å². The van der Waals surface area contributed by atoms with Gasteiger partial charge >= 0.3 is 0 Å². The first kappa shape index (κ1) is 8.98. The predicted molar refractivity (Wildman–Crippen MR) is 39.0 cm³/mol. The lowest BCUT2D eigenvalue weighted by Crippen LogP contribution is -2.68. The standard InChI is InChI=1S/C6H9N3O3/c10-1-4-7-5(2-11)9-6(3-12)8-4/h1-9H. The van der Waals surface area contributed by atoms with Gasteiger partial charge in [0, 0.05) is 0 Å². The summed E-state index contributed by atoms with van der Waals surface area (Å²) in [7, 11) is 0. The monoisotopic (exact) mass is 171 g/mol. The third-order valence-electron chi connectivity index (χ3n) is 1.49. The molecule has 1 heterocycles. The van der Waals surface area contributed by atoms with Crippen LogP contribution in [0.3, 0.4) is 0 Å². The Morgan fingerprint density at radius 3 is 1.08 bits per heavy atom. The Labute approximate surface area is 68.7 Å². The van der Waals surface area contributed by atoms with E-state index in [0.29, 0.717) is 18.9 Å². The largest absolute Gasteiger partial charge is 0.300 e. The minimum Gasteiger partial charge on any atom is -0.300 e. The Bertz CT molecular complexity index is 157. The lowest BCUT2D eigenvalue weighted by Gasteiger charge is -2.30. The minimum absolute atomic E-state index is 0.591. The van der Waals surface area contributed by atoms with Gasteiger partial charge < -0.3 is 14.4 Å². The van der Waals surface area contributed by atoms with E-state index in [0.717, 1.165) is 0 Å². The first-order chi connectivity index (χ1) is 5.80. The van der Waals surface area contributed by atoms with Gasteiger partial charge in [0.05, 0.1) is 0 Å². The van der Waals surface area contributed by atoms with E-state index in [1.165, 1.54) is 0 Å². The highest BCUT2D eigenvalue weighted by Crippen LogP contribution is 1.88. The molecular formula is C6H9N3O3. The average molecular weight is 171 g/mol. The summed E-state index contributed by atoms with van der Waals surface area (Å²) in [6.45, 7) is 0. The summed E-state index contributed by atoms with van der Waals surface area (Å²) in [5.41, 5.74) is 0. The van der Waals surface area contributed by atoms with Gasteiger partial charge in [-0.05, 0) is 0 Å². The molecule has 1 rings (SSSR count). The summed E-state index contributed by atoms with van der Waals surface area (Å²) in [6, 6.07) is 0. The summed E-state index contributed by atoms with van der Waals surface area (Å²) in [5.74, 6) is 0. The number of carbonyl (C=O) groups is 3. The van der Waals surface area contributed by atoms with Crippen molar-refractivity contribution in [3.05, 3.63) is 0 Å². The van der Waals surface area contributed by atoms with Gasteiger partial charge in [-0.3, -0.25) is 16.0 Å². The first-order valence-corrected chi connectivity index (χ1v) is 3.44. The first-order valence-electron chi connectivity index (χ1n) is 3.44. The van der Waals surface area contributed by atoms with Gasteiger partial charge in [-0.1, -0.05) is 0 Å². The molecule has 0 aromatic carbocycles. The maximum atomic E-state index is 10.3. The van der Waals surface area contributed by atoms with Crippen molar-refractivity contribution in [3.63, 3.8) is 0 Å². The quantitative estimate of drug-likeness (QED) is 0.402. The second-order valence-corrected chi connectivity index (χ2v) is 2.34.